The van der Waals surface area contributed by atoms with Crippen LogP contribution in [0.2, 0.25) is 5.02 Å². The van der Waals surface area contributed by atoms with Gasteiger partial charge in [-0.05, 0) is 17.7 Å². The van der Waals surface area contributed by atoms with Crippen molar-refractivity contribution in [3.63, 3.8) is 0 Å². The number of benzene rings is 1. The first-order valence-electron chi connectivity index (χ1n) is 6.70. The van der Waals surface area contributed by atoms with Crippen molar-refractivity contribution < 1.29 is 9.72 Å². The Balaban J connectivity index is 2.12. The summed E-state index contributed by atoms with van der Waals surface area (Å²) in [6, 6.07) is 8.68. The number of nitro benzene ring substituents is 1. The van der Waals surface area contributed by atoms with Crippen molar-refractivity contribution >= 4 is 23.2 Å². The topological polar surface area (TPSA) is 85.4 Å². The Labute approximate surface area is 136 Å². The average molecular weight is 336 g/mol. The zero-order valence-electron chi connectivity index (χ0n) is 12.3. The first-order chi connectivity index (χ1) is 10.9. The van der Waals surface area contributed by atoms with Gasteiger partial charge in [-0.1, -0.05) is 17.7 Å². The summed E-state index contributed by atoms with van der Waals surface area (Å²) in [6.45, 7) is 0.00362. The van der Waals surface area contributed by atoms with Gasteiger partial charge >= 0.3 is 0 Å². The number of hydrogen-bond acceptors (Lipinski definition) is 4. The van der Waals surface area contributed by atoms with E-state index in [4.69, 9.17) is 11.6 Å². The van der Waals surface area contributed by atoms with Crippen molar-refractivity contribution in [2.24, 2.45) is 0 Å². The number of hydrogen-bond donors (Lipinski definition) is 0. The standard InChI is InChI=1S/C15H14ClN3O4/c1-17(15(21)10-18-7-3-2-4-14(18)20)9-11-8-12(19(22)23)5-6-13(11)16/h2-8H,9-10H2,1H3. The minimum absolute atomic E-state index is 0.0930. The van der Waals surface area contributed by atoms with Crippen LogP contribution < -0.4 is 5.56 Å². The van der Waals surface area contributed by atoms with Crippen LogP contribution in [-0.2, 0) is 17.9 Å². The highest BCUT2D eigenvalue weighted by atomic mass is 35.5. The fourth-order valence-corrected chi connectivity index (χ4v) is 2.17. The zero-order chi connectivity index (χ0) is 17.0. The number of rotatable bonds is 5. The number of aromatic nitrogens is 1. The molecule has 0 N–H and O–H groups in total. The number of non-ortho nitro benzene ring substituents is 1. The lowest BCUT2D eigenvalue weighted by molar-refractivity contribution is -0.384. The molecule has 0 saturated heterocycles. The molecule has 1 heterocycles. The second kappa shape index (κ2) is 7.06. The van der Waals surface area contributed by atoms with Crippen LogP contribution in [0.15, 0.2) is 47.4 Å². The van der Waals surface area contributed by atoms with Gasteiger partial charge in [0, 0.05) is 43.0 Å². The van der Waals surface area contributed by atoms with E-state index in [1.807, 2.05) is 0 Å². The molecule has 0 aliphatic carbocycles. The van der Waals surface area contributed by atoms with E-state index in [-0.39, 0.29) is 30.2 Å². The molecule has 0 aliphatic heterocycles. The minimum Gasteiger partial charge on any atom is -0.340 e. The number of amides is 1. The van der Waals surface area contributed by atoms with Gasteiger partial charge < -0.3 is 9.47 Å². The average Bonchev–Trinajstić information content (AvgIpc) is 2.51. The first kappa shape index (κ1) is 16.7. The number of halogens is 1. The van der Waals surface area contributed by atoms with E-state index in [9.17, 15) is 19.7 Å². The van der Waals surface area contributed by atoms with Gasteiger partial charge in [-0.3, -0.25) is 19.7 Å². The molecule has 120 valence electrons. The van der Waals surface area contributed by atoms with Gasteiger partial charge in [-0.25, -0.2) is 0 Å². The Morgan fingerprint density at radius 2 is 2.09 bits per heavy atom. The van der Waals surface area contributed by atoms with Crippen molar-refractivity contribution in [2.75, 3.05) is 7.05 Å². The first-order valence-corrected chi connectivity index (χ1v) is 7.08. The van der Waals surface area contributed by atoms with Gasteiger partial charge in [0.05, 0.1) is 4.92 Å². The van der Waals surface area contributed by atoms with Crippen molar-refractivity contribution in [1.82, 2.24) is 9.47 Å². The molecular weight excluding hydrogens is 322 g/mol. The normalized spacial score (nSPS) is 10.3. The van der Waals surface area contributed by atoms with Crippen LogP contribution >= 0.6 is 11.6 Å². The summed E-state index contributed by atoms with van der Waals surface area (Å²) in [4.78, 5) is 35.4. The molecule has 1 aromatic carbocycles. The van der Waals surface area contributed by atoms with Crippen LogP contribution in [0.1, 0.15) is 5.56 Å². The summed E-state index contributed by atoms with van der Waals surface area (Å²) in [5.41, 5.74) is 0.101. The summed E-state index contributed by atoms with van der Waals surface area (Å²) < 4.78 is 1.29. The fourth-order valence-electron chi connectivity index (χ4n) is 2.00. The molecule has 23 heavy (non-hydrogen) atoms. The van der Waals surface area contributed by atoms with Crippen LogP contribution in [0.25, 0.3) is 0 Å². The Hall–Kier alpha value is -2.67. The van der Waals surface area contributed by atoms with E-state index in [0.29, 0.717) is 10.6 Å². The predicted octanol–water partition coefficient (Wildman–Crippen LogP) is 2.07. The van der Waals surface area contributed by atoms with Gasteiger partial charge in [0.1, 0.15) is 6.54 Å². The number of nitrogens with zero attached hydrogens (tertiary/aromatic N) is 3. The van der Waals surface area contributed by atoms with Crippen molar-refractivity contribution in [3.8, 4) is 0 Å². The molecule has 0 bridgehead atoms. The predicted molar refractivity (Wildman–Crippen MR) is 85.3 cm³/mol. The van der Waals surface area contributed by atoms with Crippen LogP contribution in [0.3, 0.4) is 0 Å². The van der Waals surface area contributed by atoms with Gasteiger partial charge in [-0.2, -0.15) is 0 Å². The quantitative estimate of drug-likeness (QED) is 0.618. The summed E-state index contributed by atoms with van der Waals surface area (Å²) in [6.07, 6.45) is 1.52. The second-order valence-electron chi connectivity index (χ2n) is 4.95. The monoisotopic (exact) mass is 335 g/mol. The van der Waals surface area contributed by atoms with E-state index < -0.39 is 4.92 Å². The molecule has 1 aromatic heterocycles. The van der Waals surface area contributed by atoms with Gasteiger partial charge in [0.2, 0.25) is 5.91 Å². The Kier molecular flexibility index (Phi) is 5.13. The van der Waals surface area contributed by atoms with E-state index >= 15 is 0 Å². The summed E-state index contributed by atoms with van der Waals surface area (Å²) in [5, 5.41) is 11.1. The second-order valence-corrected chi connectivity index (χ2v) is 5.36. The highest BCUT2D eigenvalue weighted by molar-refractivity contribution is 6.31. The molecule has 7 nitrogen and oxygen atoms in total. The molecular formula is C15H14ClN3O4. The summed E-state index contributed by atoms with van der Waals surface area (Å²) in [7, 11) is 1.55. The molecule has 0 fully saturated rings. The Morgan fingerprint density at radius 1 is 1.35 bits per heavy atom. The highest BCUT2D eigenvalue weighted by Gasteiger charge is 2.15. The number of carbonyl (C=O) groups excluding carboxylic acids is 1. The van der Waals surface area contributed by atoms with Gasteiger partial charge in [0.25, 0.3) is 11.2 Å². The zero-order valence-corrected chi connectivity index (χ0v) is 13.1. The van der Waals surface area contributed by atoms with Crippen molar-refractivity contribution in [3.05, 3.63) is 73.6 Å². The third-order valence-corrected chi connectivity index (χ3v) is 3.65. The van der Waals surface area contributed by atoms with Crippen LogP contribution in [0.5, 0.6) is 0 Å². The largest absolute Gasteiger partial charge is 0.340 e. The minimum atomic E-state index is -0.523. The van der Waals surface area contributed by atoms with Crippen LogP contribution in [-0.4, -0.2) is 27.3 Å². The molecule has 0 aliphatic rings. The third kappa shape index (κ3) is 4.17. The van der Waals surface area contributed by atoms with Gasteiger partial charge in [0.15, 0.2) is 0 Å². The van der Waals surface area contributed by atoms with E-state index in [1.165, 1.54) is 39.9 Å². The van der Waals surface area contributed by atoms with Crippen LogP contribution in [0, 0.1) is 10.1 Å². The molecule has 0 radical (unpaired) electrons. The Bertz CT molecular complexity index is 803. The number of nitro groups is 1. The number of pyridine rings is 1. The van der Waals surface area contributed by atoms with Crippen LogP contribution in [0.4, 0.5) is 5.69 Å². The molecule has 0 spiro atoms. The number of likely N-dealkylation sites (N-methyl/N-ethyl adjacent to an activating group) is 1. The van der Waals surface area contributed by atoms with E-state index in [1.54, 1.807) is 19.2 Å². The lowest BCUT2D eigenvalue weighted by atomic mass is 10.2. The fraction of sp³-hybridized carbons (Fsp3) is 0.200. The smallest absolute Gasteiger partial charge is 0.269 e. The highest BCUT2D eigenvalue weighted by Crippen LogP contribution is 2.23. The maximum absolute atomic E-state index is 12.2. The molecule has 0 saturated carbocycles. The van der Waals surface area contributed by atoms with Crippen molar-refractivity contribution in [2.45, 2.75) is 13.1 Å². The lowest BCUT2D eigenvalue weighted by Gasteiger charge is -2.18. The maximum Gasteiger partial charge on any atom is 0.269 e. The summed E-state index contributed by atoms with van der Waals surface area (Å²) >= 11 is 6.02. The van der Waals surface area contributed by atoms with E-state index in [2.05, 4.69) is 0 Å². The summed E-state index contributed by atoms with van der Waals surface area (Å²) in [5.74, 6) is -0.305. The molecule has 1 amide bonds. The Morgan fingerprint density at radius 3 is 2.74 bits per heavy atom. The molecule has 2 aromatic rings. The number of carbonyl (C=O) groups is 1. The molecule has 2 rings (SSSR count). The lowest BCUT2D eigenvalue weighted by Crippen LogP contribution is -2.33. The molecule has 8 heteroatoms. The SMILES string of the molecule is CN(Cc1cc([N+](=O)[O-])ccc1Cl)C(=O)Cn1ccccc1=O. The third-order valence-electron chi connectivity index (χ3n) is 3.28. The maximum atomic E-state index is 12.2. The molecule has 0 atom stereocenters. The van der Waals surface area contributed by atoms with E-state index in [0.717, 1.165) is 0 Å². The van der Waals surface area contributed by atoms with Crippen molar-refractivity contribution in [1.29, 1.82) is 0 Å². The van der Waals surface area contributed by atoms with Gasteiger partial charge in [-0.15, -0.1) is 0 Å². The molecule has 0 unspecified atom stereocenters.